The van der Waals surface area contributed by atoms with Crippen LogP contribution in [0.4, 0.5) is 0 Å². The van der Waals surface area contributed by atoms with Crippen LogP contribution < -0.4 is 5.32 Å². The molecule has 8 heteroatoms. The van der Waals surface area contributed by atoms with Gasteiger partial charge in [-0.1, -0.05) is 63.1 Å². The summed E-state index contributed by atoms with van der Waals surface area (Å²) in [6.07, 6.45) is 0.413. The molecule has 0 bridgehead atoms. The van der Waals surface area contributed by atoms with Crippen LogP contribution in [0.5, 0.6) is 0 Å². The molecule has 7 nitrogen and oxygen atoms in total. The van der Waals surface area contributed by atoms with Crippen molar-refractivity contribution in [3.63, 3.8) is 0 Å². The van der Waals surface area contributed by atoms with E-state index in [1.165, 1.54) is 6.92 Å². The molecule has 1 heterocycles. The van der Waals surface area contributed by atoms with Gasteiger partial charge in [0.1, 0.15) is 6.04 Å². The highest BCUT2D eigenvalue weighted by atomic mass is 32.2. The number of amides is 1. The molecule has 1 aromatic carbocycles. The van der Waals surface area contributed by atoms with Gasteiger partial charge in [-0.15, -0.1) is 5.10 Å². The Hall–Kier alpha value is -2.22. The van der Waals surface area contributed by atoms with E-state index in [9.17, 15) is 13.2 Å². The summed E-state index contributed by atoms with van der Waals surface area (Å²) < 4.78 is 29.1. The minimum absolute atomic E-state index is 0.0773. The number of nitrogens with zero attached hydrogens (tertiary/aromatic N) is 2. The van der Waals surface area contributed by atoms with Gasteiger partial charge in [-0.25, -0.2) is 8.42 Å². The normalized spacial score (nSPS) is 13.4. The zero-order valence-corrected chi connectivity index (χ0v) is 15.6. The Morgan fingerprint density at radius 3 is 2.40 bits per heavy atom. The number of benzene rings is 1. The quantitative estimate of drug-likeness (QED) is 0.843. The van der Waals surface area contributed by atoms with Gasteiger partial charge in [0, 0.05) is 11.8 Å². The third-order valence-electron chi connectivity index (χ3n) is 3.64. The fourth-order valence-corrected chi connectivity index (χ4v) is 2.66. The van der Waals surface area contributed by atoms with Crippen LogP contribution in [0.2, 0.25) is 0 Å². The predicted octanol–water partition coefficient (Wildman–Crippen LogP) is 2.31. The maximum absolute atomic E-state index is 12.4. The minimum atomic E-state index is -3.59. The molecule has 0 saturated carbocycles. The average molecular weight is 365 g/mol. The summed E-state index contributed by atoms with van der Waals surface area (Å²) in [4.78, 5) is 12.4. The van der Waals surface area contributed by atoms with E-state index in [4.69, 9.17) is 4.42 Å². The van der Waals surface area contributed by atoms with E-state index in [0.717, 1.165) is 5.56 Å². The SMILES string of the molecule is CCS(=O)(=O)c1nnc([C@H](Cc2ccccc2)NC(=O)C(C)(C)C)o1. The lowest BCUT2D eigenvalue weighted by molar-refractivity contribution is -0.129. The first-order valence-corrected chi connectivity index (χ1v) is 9.69. The molecule has 0 saturated heterocycles. The van der Waals surface area contributed by atoms with Crippen molar-refractivity contribution in [3.05, 3.63) is 41.8 Å². The maximum atomic E-state index is 12.4. The first-order valence-electron chi connectivity index (χ1n) is 8.04. The molecule has 136 valence electrons. The standard InChI is InChI=1S/C17H23N3O4S/c1-5-25(22,23)16-20-19-14(24-16)13(18-15(21)17(2,3)4)11-12-9-7-6-8-10-12/h6-10,13H,5,11H2,1-4H3,(H,18,21)/t13-/m0/s1. The third-order valence-corrected chi connectivity index (χ3v) is 5.09. The van der Waals surface area contributed by atoms with E-state index < -0.39 is 26.5 Å². The highest BCUT2D eigenvalue weighted by Crippen LogP contribution is 2.22. The molecule has 0 aliphatic carbocycles. The molecule has 0 radical (unpaired) electrons. The van der Waals surface area contributed by atoms with E-state index in [2.05, 4.69) is 15.5 Å². The lowest BCUT2D eigenvalue weighted by atomic mass is 9.94. The third kappa shape index (κ3) is 4.88. The molecule has 0 spiro atoms. The Morgan fingerprint density at radius 2 is 1.84 bits per heavy atom. The number of aromatic nitrogens is 2. The van der Waals surface area contributed by atoms with Gasteiger partial charge in [-0.05, 0) is 5.56 Å². The van der Waals surface area contributed by atoms with Crippen molar-refractivity contribution in [1.82, 2.24) is 15.5 Å². The predicted molar refractivity (Wildman–Crippen MR) is 92.5 cm³/mol. The van der Waals surface area contributed by atoms with Crippen LogP contribution in [-0.2, 0) is 21.1 Å². The molecular formula is C17H23N3O4S. The topological polar surface area (TPSA) is 102 Å². The van der Waals surface area contributed by atoms with Gasteiger partial charge in [-0.3, -0.25) is 4.79 Å². The van der Waals surface area contributed by atoms with Crippen LogP contribution in [0.15, 0.2) is 40.0 Å². The van der Waals surface area contributed by atoms with Crippen LogP contribution in [0.25, 0.3) is 0 Å². The van der Waals surface area contributed by atoms with Crippen molar-refractivity contribution in [2.75, 3.05) is 5.75 Å². The Labute approximate surface area is 147 Å². The van der Waals surface area contributed by atoms with Gasteiger partial charge in [0.05, 0.1) is 5.75 Å². The molecule has 2 rings (SSSR count). The van der Waals surface area contributed by atoms with E-state index in [1.54, 1.807) is 20.8 Å². The number of hydrogen-bond acceptors (Lipinski definition) is 6. The molecule has 0 aliphatic rings. The lowest BCUT2D eigenvalue weighted by Gasteiger charge is -2.22. The highest BCUT2D eigenvalue weighted by molar-refractivity contribution is 7.91. The van der Waals surface area contributed by atoms with Gasteiger partial charge in [0.15, 0.2) is 0 Å². The van der Waals surface area contributed by atoms with E-state index in [0.29, 0.717) is 6.42 Å². The van der Waals surface area contributed by atoms with Crippen molar-refractivity contribution in [3.8, 4) is 0 Å². The van der Waals surface area contributed by atoms with Gasteiger partial charge in [0.2, 0.25) is 21.6 Å². The molecule has 25 heavy (non-hydrogen) atoms. The molecule has 0 unspecified atom stereocenters. The van der Waals surface area contributed by atoms with Gasteiger partial charge in [-0.2, -0.15) is 0 Å². The Balaban J connectivity index is 2.33. The number of nitrogens with one attached hydrogen (secondary N) is 1. The lowest BCUT2D eigenvalue weighted by Crippen LogP contribution is -2.38. The fraction of sp³-hybridized carbons (Fsp3) is 0.471. The summed E-state index contributed by atoms with van der Waals surface area (Å²) in [7, 11) is -3.59. The van der Waals surface area contributed by atoms with Crippen LogP contribution in [0, 0.1) is 5.41 Å². The summed E-state index contributed by atoms with van der Waals surface area (Å²) in [5, 5.41) is 9.94. The van der Waals surface area contributed by atoms with Crippen molar-refractivity contribution >= 4 is 15.7 Å². The van der Waals surface area contributed by atoms with E-state index in [-0.39, 0.29) is 17.6 Å². The van der Waals surface area contributed by atoms with Crippen molar-refractivity contribution in [2.24, 2.45) is 5.41 Å². The van der Waals surface area contributed by atoms with Gasteiger partial charge < -0.3 is 9.73 Å². The number of sulfone groups is 1. The first kappa shape index (κ1) is 19.1. The van der Waals surface area contributed by atoms with Crippen LogP contribution in [0.1, 0.15) is 45.2 Å². The van der Waals surface area contributed by atoms with E-state index >= 15 is 0 Å². The Morgan fingerprint density at radius 1 is 1.20 bits per heavy atom. The van der Waals surface area contributed by atoms with Crippen molar-refractivity contribution in [1.29, 1.82) is 0 Å². The number of carbonyl (C=O) groups excluding carboxylic acids is 1. The van der Waals surface area contributed by atoms with Gasteiger partial charge >= 0.3 is 5.22 Å². The number of carbonyl (C=O) groups is 1. The summed E-state index contributed by atoms with van der Waals surface area (Å²) >= 11 is 0. The molecule has 1 aromatic heterocycles. The number of rotatable bonds is 6. The van der Waals surface area contributed by atoms with E-state index in [1.807, 2.05) is 30.3 Å². The maximum Gasteiger partial charge on any atom is 0.335 e. The zero-order valence-electron chi connectivity index (χ0n) is 14.8. The van der Waals surface area contributed by atoms with Gasteiger partial charge in [0.25, 0.3) is 0 Å². The van der Waals surface area contributed by atoms with Crippen LogP contribution >= 0.6 is 0 Å². The van der Waals surface area contributed by atoms with Crippen LogP contribution in [0.3, 0.4) is 0 Å². The summed E-state index contributed by atoms with van der Waals surface area (Å²) in [5.74, 6) is -0.244. The summed E-state index contributed by atoms with van der Waals surface area (Å²) in [6, 6.07) is 8.89. The average Bonchev–Trinajstić information content (AvgIpc) is 3.05. The Kier molecular flexibility index (Phi) is 5.62. The van der Waals surface area contributed by atoms with Crippen molar-refractivity contribution in [2.45, 2.75) is 45.4 Å². The fourth-order valence-electron chi connectivity index (χ4n) is 2.03. The molecular weight excluding hydrogens is 342 g/mol. The molecule has 1 atom stereocenters. The summed E-state index contributed by atoms with van der Waals surface area (Å²) in [6.45, 7) is 6.89. The Bertz CT molecular complexity index is 823. The second-order valence-corrected chi connectivity index (χ2v) is 8.93. The van der Waals surface area contributed by atoms with Crippen LogP contribution in [-0.4, -0.2) is 30.3 Å². The first-order chi connectivity index (χ1) is 11.6. The highest BCUT2D eigenvalue weighted by Gasteiger charge is 2.29. The molecule has 2 aromatic rings. The minimum Gasteiger partial charge on any atom is -0.410 e. The molecule has 0 aliphatic heterocycles. The molecule has 0 fully saturated rings. The van der Waals surface area contributed by atoms with Crippen molar-refractivity contribution < 1.29 is 17.6 Å². The molecule has 1 N–H and O–H groups in total. The smallest absolute Gasteiger partial charge is 0.335 e. The summed E-state index contributed by atoms with van der Waals surface area (Å²) in [5.41, 5.74) is 0.354. The number of hydrogen-bond donors (Lipinski definition) is 1. The monoisotopic (exact) mass is 365 g/mol. The zero-order chi connectivity index (χ0) is 18.7. The second kappa shape index (κ2) is 7.35. The molecule has 1 amide bonds. The largest absolute Gasteiger partial charge is 0.410 e. The second-order valence-electron chi connectivity index (χ2n) is 6.78.